The number of anilines is 1. The third-order valence-electron chi connectivity index (χ3n) is 4.91. The van der Waals surface area contributed by atoms with Crippen LogP contribution in [0.5, 0.6) is 0 Å². The van der Waals surface area contributed by atoms with Crippen molar-refractivity contribution in [2.75, 3.05) is 18.4 Å². The van der Waals surface area contributed by atoms with Crippen molar-refractivity contribution in [3.63, 3.8) is 0 Å². The van der Waals surface area contributed by atoms with Gasteiger partial charge in [-0.1, -0.05) is 0 Å². The second-order valence-electron chi connectivity index (χ2n) is 7.41. The van der Waals surface area contributed by atoms with Crippen LogP contribution in [0.4, 0.5) is 23.5 Å². The summed E-state index contributed by atoms with van der Waals surface area (Å²) >= 11 is 0. The molecule has 0 aliphatic heterocycles. The van der Waals surface area contributed by atoms with Gasteiger partial charge in [-0.15, -0.1) is 0 Å². The highest BCUT2D eigenvalue weighted by Crippen LogP contribution is 2.25. The fourth-order valence-electron chi connectivity index (χ4n) is 3.06. The molecule has 1 N–H and O–H groups in total. The van der Waals surface area contributed by atoms with E-state index in [-0.39, 0.29) is 42.3 Å². The molecule has 0 spiro atoms. The Morgan fingerprint density at radius 3 is 2.56 bits per heavy atom. The summed E-state index contributed by atoms with van der Waals surface area (Å²) in [6.07, 6.45) is 6.23. The number of allylic oxidation sites excluding steroid dienone is 1. The Bertz CT molecular complexity index is 1050. The molecule has 2 aromatic rings. The Labute approximate surface area is 195 Å². The summed E-state index contributed by atoms with van der Waals surface area (Å²) in [5.41, 5.74) is -0.498. The predicted octanol–water partition coefficient (Wildman–Crippen LogP) is 4.61. The number of likely N-dealkylation sites (N-methyl/N-ethyl adjacent to an activating group) is 1. The van der Waals surface area contributed by atoms with E-state index in [9.17, 15) is 22.4 Å². The molecule has 0 unspecified atom stereocenters. The largest absolute Gasteiger partial charge is 0.352 e. The Morgan fingerprint density at radius 2 is 1.97 bits per heavy atom. The maximum atomic E-state index is 14.5. The van der Waals surface area contributed by atoms with Gasteiger partial charge in [0.15, 0.2) is 11.6 Å². The van der Waals surface area contributed by atoms with Crippen molar-refractivity contribution in [3.05, 3.63) is 65.1 Å². The molecule has 1 heterocycles. The van der Waals surface area contributed by atoms with Crippen LogP contribution in [0.3, 0.4) is 0 Å². The Balaban J connectivity index is 2.17. The first-order valence-electron chi connectivity index (χ1n) is 10.4. The number of benzene rings is 1. The van der Waals surface area contributed by atoms with Crippen LogP contribution in [0.15, 0.2) is 46.8 Å². The quantitative estimate of drug-likeness (QED) is 0.378. The third-order valence-corrected chi connectivity index (χ3v) is 4.91. The van der Waals surface area contributed by atoms with Gasteiger partial charge in [0.05, 0.1) is 12.1 Å². The number of hydrogen-bond donors (Lipinski definition) is 1. The zero-order valence-electron chi connectivity index (χ0n) is 19.1. The van der Waals surface area contributed by atoms with E-state index in [1.165, 1.54) is 29.5 Å². The predicted molar refractivity (Wildman–Crippen MR) is 124 cm³/mol. The minimum atomic E-state index is -3.05. The zero-order chi connectivity index (χ0) is 25.3. The molecule has 1 atom stereocenters. The van der Waals surface area contributed by atoms with Crippen LogP contribution >= 0.6 is 0 Å². The second-order valence-corrected chi connectivity index (χ2v) is 7.41. The van der Waals surface area contributed by atoms with Gasteiger partial charge in [-0.3, -0.25) is 14.8 Å². The van der Waals surface area contributed by atoms with Crippen LogP contribution in [0, 0.1) is 11.6 Å². The molecule has 2 rings (SSSR count). The fraction of sp³-hybridized carbons (Fsp3) is 0.348. The van der Waals surface area contributed by atoms with Gasteiger partial charge in [0.2, 0.25) is 5.95 Å². The van der Waals surface area contributed by atoms with Crippen molar-refractivity contribution in [2.24, 2.45) is 9.98 Å². The van der Waals surface area contributed by atoms with Crippen molar-refractivity contribution in [1.29, 1.82) is 0 Å². The van der Waals surface area contributed by atoms with Gasteiger partial charge in [0, 0.05) is 62.0 Å². The normalized spacial score (nSPS) is 12.8. The van der Waals surface area contributed by atoms with Gasteiger partial charge < -0.3 is 10.2 Å². The highest BCUT2D eigenvalue weighted by atomic mass is 19.3. The van der Waals surface area contributed by atoms with Crippen LogP contribution in [-0.4, -0.2) is 52.8 Å². The SMILES string of the molecule is C=N/C=C\C=N/Cc1c(C(=O)N(CC)[C@@H](C)CNc2ncc(C(C)(F)F)cn2)ccc(F)c1F. The molecule has 0 saturated heterocycles. The van der Waals surface area contributed by atoms with E-state index in [0.717, 1.165) is 25.4 Å². The summed E-state index contributed by atoms with van der Waals surface area (Å²) in [6, 6.07) is 1.70. The van der Waals surface area contributed by atoms with Crippen LogP contribution in [-0.2, 0) is 12.5 Å². The van der Waals surface area contributed by atoms with E-state index in [2.05, 4.69) is 32.0 Å². The molecule has 0 fully saturated rings. The van der Waals surface area contributed by atoms with Crippen molar-refractivity contribution in [2.45, 2.75) is 39.3 Å². The van der Waals surface area contributed by atoms with Crippen molar-refractivity contribution < 1.29 is 22.4 Å². The molecule has 182 valence electrons. The molecule has 0 aliphatic rings. The number of carbonyl (C=O) groups is 1. The van der Waals surface area contributed by atoms with Crippen molar-refractivity contribution in [1.82, 2.24) is 14.9 Å². The average Bonchev–Trinajstić information content (AvgIpc) is 2.80. The number of nitrogens with one attached hydrogen (secondary N) is 1. The number of amides is 1. The summed E-state index contributed by atoms with van der Waals surface area (Å²) < 4.78 is 55.0. The summed E-state index contributed by atoms with van der Waals surface area (Å²) in [6.45, 7) is 7.73. The summed E-state index contributed by atoms with van der Waals surface area (Å²) in [5, 5.41) is 2.89. The highest BCUT2D eigenvalue weighted by Gasteiger charge is 2.26. The first-order chi connectivity index (χ1) is 16.1. The third kappa shape index (κ3) is 6.93. The Kier molecular flexibility index (Phi) is 9.40. The molecule has 34 heavy (non-hydrogen) atoms. The second kappa shape index (κ2) is 12.0. The number of halogens is 4. The molecule has 0 saturated carbocycles. The summed E-state index contributed by atoms with van der Waals surface area (Å²) in [7, 11) is 0. The van der Waals surface area contributed by atoms with E-state index in [1.807, 2.05) is 0 Å². The molecule has 1 aromatic heterocycles. The number of nitrogens with zero attached hydrogens (tertiary/aromatic N) is 5. The molecule has 7 nitrogen and oxygen atoms in total. The van der Waals surface area contributed by atoms with Crippen molar-refractivity contribution >= 4 is 24.8 Å². The van der Waals surface area contributed by atoms with E-state index >= 15 is 0 Å². The molecular formula is C23H26F4N6O. The number of hydrogen-bond acceptors (Lipinski definition) is 6. The Hall–Kier alpha value is -3.63. The van der Waals surface area contributed by atoms with Gasteiger partial charge in [-0.2, -0.15) is 0 Å². The number of alkyl halides is 2. The van der Waals surface area contributed by atoms with E-state index in [0.29, 0.717) is 0 Å². The number of aromatic nitrogens is 2. The molecule has 1 aromatic carbocycles. The molecular weight excluding hydrogens is 452 g/mol. The lowest BCUT2D eigenvalue weighted by Crippen LogP contribution is -2.42. The molecule has 0 radical (unpaired) electrons. The summed E-state index contributed by atoms with van der Waals surface area (Å²) in [5.74, 6) is -5.67. The molecule has 11 heteroatoms. The topological polar surface area (TPSA) is 82.8 Å². The van der Waals surface area contributed by atoms with Crippen LogP contribution in [0.25, 0.3) is 0 Å². The van der Waals surface area contributed by atoms with Crippen LogP contribution in [0.2, 0.25) is 0 Å². The van der Waals surface area contributed by atoms with Gasteiger partial charge in [0.1, 0.15) is 0 Å². The molecule has 0 bridgehead atoms. The minimum absolute atomic E-state index is 0.0126. The smallest absolute Gasteiger partial charge is 0.273 e. The first-order valence-corrected chi connectivity index (χ1v) is 10.4. The standard InChI is InChI=1S/C23H26F4N6O/c1-5-33(15(2)11-30-22-31-12-16(13-32-22)23(3,26)27)21(34)17-7-8-19(24)20(25)18(17)14-29-10-6-9-28-4/h6-10,12-13,15H,4-5,11,14H2,1-3H3,(H,30,31,32)/b9-6-,29-10-/t15-/m0/s1. The number of aliphatic imine (C=N–C) groups is 2. The van der Waals surface area contributed by atoms with Gasteiger partial charge in [0.25, 0.3) is 11.8 Å². The van der Waals surface area contributed by atoms with Gasteiger partial charge in [-0.25, -0.2) is 27.5 Å². The van der Waals surface area contributed by atoms with E-state index in [4.69, 9.17) is 0 Å². The van der Waals surface area contributed by atoms with E-state index in [1.54, 1.807) is 13.8 Å². The fourth-order valence-corrected chi connectivity index (χ4v) is 3.06. The number of carbonyl (C=O) groups excluding carboxylic acids is 1. The lowest BCUT2D eigenvalue weighted by atomic mass is 10.0. The van der Waals surface area contributed by atoms with Crippen molar-refractivity contribution in [3.8, 4) is 0 Å². The maximum absolute atomic E-state index is 14.5. The number of rotatable bonds is 11. The van der Waals surface area contributed by atoms with Gasteiger partial charge in [-0.05, 0) is 38.8 Å². The molecule has 1 amide bonds. The minimum Gasteiger partial charge on any atom is -0.352 e. The maximum Gasteiger partial charge on any atom is 0.273 e. The van der Waals surface area contributed by atoms with E-state index < -0.39 is 29.5 Å². The average molecular weight is 478 g/mol. The highest BCUT2D eigenvalue weighted by molar-refractivity contribution is 5.96. The van der Waals surface area contributed by atoms with Gasteiger partial charge >= 0.3 is 0 Å². The lowest BCUT2D eigenvalue weighted by molar-refractivity contribution is 0.0167. The monoisotopic (exact) mass is 478 g/mol. The zero-order valence-corrected chi connectivity index (χ0v) is 19.1. The molecule has 0 aliphatic carbocycles. The van der Waals surface area contributed by atoms with Crippen LogP contribution in [0.1, 0.15) is 42.3 Å². The first kappa shape index (κ1) is 26.6. The van der Waals surface area contributed by atoms with Crippen LogP contribution < -0.4 is 5.32 Å². The summed E-state index contributed by atoms with van der Waals surface area (Å²) in [4.78, 5) is 29.9. The lowest BCUT2D eigenvalue weighted by Gasteiger charge is -2.29. The Morgan fingerprint density at radius 1 is 1.29 bits per heavy atom.